The topological polar surface area (TPSA) is 179 Å². The number of alkyl halides is 3. The Bertz CT molecular complexity index is 1110. The average molecular weight is 631 g/mol. The molecule has 44 heavy (non-hydrogen) atoms. The van der Waals surface area contributed by atoms with E-state index in [1.165, 1.54) is 12.1 Å². The number of carbonyl (C=O) groups excluding carboxylic acids is 1. The van der Waals surface area contributed by atoms with Gasteiger partial charge in [0, 0.05) is 102 Å². The maximum absolute atomic E-state index is 12.9. The van der Waals surface area contributed by atoms with Gasteiger partial charge in [-0.3, -0.25) is 14.6 Å². The summed E-state index contributed by atoms with van der Waals surface area (Å²) in [6, 6.07) is 5.59. The number of anilines is 1. The van der Waals surface area contributed by atoms with Crippen molar-refractivity contribution in [3.63, 3.8) is 0 Å². The zero-order chi connectivity index (χ0) is 33.3. The molecule has 2 saturated heterocycles. The fraction of sp³-hybridized carbons (Fsp3) is 0.464. The molecule has 244 valence electrons. The summed E-state index contributed by atoms with van der Waals surface area (Å²) in [6.07, 6.45) is -1.50. The van der Waals surface area contributed by atoms with Gasteiger partial charge in [-0.1, -0.05) is 13.0 Å². The van der Waals surface area contributed by atoms with Gasteiger partial charge in [0.2, 0.25) is 5.91 Å². The first-order valence-corrected chi connectivity index (χ1v) is 13.5. The molecule has 2 aliphatic heterocycles. The number of amides is 1. The number of carboxylic acids is 4. The van der Waals surface area contributed by atoms with Crippen LogP contribution < -0.4 is 4.90 Å². The minimum atomic E-state index is -4.30. The van der Waals surface area contributed by atoms with E-state index < -0.39 is 35.6 Å². The summed E-state index contributed by atoms with van der Waals surface area (Å²) in [7, 11) is 0. The molecule has 3 rings (SSSR count). The molecule has 1 aromatic carbocycles. The standard InChI is InChI=1S/C20H29F3N4O.2C4H4O4/c1-2-19(28)27-14-10-25(11-15-27)7-6-24-8-12-26(13-9-24)18-5-3-4-17(16-18)20(21,22)23;2*5-3(6)1-2-4(7)8/h3-5,16H,2,6-15H2,1H3;2*1-2H,(H,5,6)(H,7,8)/b;2*2-1+. The molecule has 1 aromatic rings. The van der Waals surface area contributed by atoms with Crippen LogP contribution in [-0.4, -0.2) is 130 Å². The van der Waals surface area contributed by atoms with Gasteiger partial charge in [-0.25, -0.2) is 19.2 Å². The monoisotopic (exact) mass is 630 g/mol. The van der Waals surface area contributed by atoms with Crippen molar-refractivity contribution in [3.8, 4) is 0 Å². The first kappa shape index (κ1) is 37.6. The minimum Gasteiger partial charge on any atom is -0.478 e. The van der Waals surface area contributed by atoms with E-state index in [1.54, 1.807) is 6.07 Å². The van der Waals surface area contributed by atoms with Gasteiger partial charge in [-0.05, 0) is 18.2 Å². The van der Waals surface area contributed by atoms with E-state index in [-0.39, 0.29) is 5.91 Å². The lowest BCUT2D eigenvalue weighted by Gasteiger charge is -2.39. The second-order valence-electron chi connectivity index (χ2n) is 9.47. The molecule has 0 atom stereocenters. The molecule has 16 heteroatoms. The van der Waals surface area contributed by atoms with Gasteiger partial charge in [-0.15, -0.1) is 0 Å². The third kappa shape index (κ3) is 15.7. The van der Waals surface area contributed by atoms with E-state index in [0.717, 1.165) is 71.5 Å². The van der Waals surface area contributed by atoms with Crippen molar-refractivity contribution in [1.82, 2.24) is 14.7 Å². The molecule has 13 nitrogen and oxygen atoms in total. The van der Waals surface area contributed by atoms with Gasteiger partial charge in [0.1, 0.15) is 0 Å². The maximum atomic E-state index is 12.9. The SMILES string of the molecule is CCC(=O)N1CCN(CCN2CCN(c3cccc(C(F)(F)F)c3)CC2)CC1.O=C(O)/C=C/C(=O)O.O=C(O)/C=C/C(=O)O. The summed E-state index contributed by atoms with van der Waals surface area (Å²) < 4.78 is 38.7. The molecule has 0 aromatic heterocycles. The highest BCUT2D eigenvalue weighted by Crippen LogP contribution is 2.31. The number of nitrogens with zero attached hydrogens (tertiary/aromatic N) is 4. The number of carboxylic acid groups (broad SMARTS) is 4. The predicted octanol–water partition coefficient (Wildman–Crippen LogP) is 1.81. The number of rotatable bonds is 9. The lowest BCUT2D eigenvalue weighted by atomic mass is 10.1. The Morgan fingerprint density at radius 1 is 0.705 bits per heavy atom. The highest BCUT2D eigenvalue weighted by molar-refractivity contribution is 5.90. The first-order valence-electron chi connectivity index (χ1n) is 13.5. The average Bonchev–Trinajstić information content (AvgIpc) is 2.98. The van der Waals surface area contributed by atoms with E-state index in [1.807, 2.05) is 16.7 Å². The van der Waals surface area contributed by atoms with Gasteiger partial charge >= 0.3 is 30.1 Å². The predicted molar refractivity (Wildman–Crippen MR) is 152 cm³/mol. The van der Waals surface area contributed by atoms with Gasteiger partial charge in [0.25, 0.3) is 0 Å². The fourth-order valence-electron chi connectivity index (χ4n) is 4.12. The van der Waals surface area contributed by atoms with Crippen molar-refractivity contribution < 1.29 is 57.6 Å². The molecule has 0 bridgehead atoms. The van der Waals surface area contributed by atoms with E-state index in [9.17, 15) is 37.1 Å². The van der Waals surface area contributed by atoms with Crippen molar-refractivity contribution in [3.05, 3.63) is 54.1 Å². The molecule has 2 heterocycles. The molecule has 1 amide bonds. The Morgan fingerprint density at radius 3 is 1.48 bits per heavy atom. The molecule has 0 saturated carbocycles. The molecule has 0 aliphatic carbocycles. The Labute approximate surface area is 252 Å². The van der Waals surface area contributed by atoms with Crippen LogP contribution in [0.5, 0.6) is 0 Å². The van der Waals surface area contributed by atoms with Crippen molar-refractivity contribution in [2.24, 2.45) is 0 Å². The number of aliphatic carboxylic acids is 4. The summed E-state index contributed by atoms with van der Waals surface area (Å²) in [6.45, 7) is 10.4. The molecule has 0 spiro atoms. The normalized spacial score (nSPS) is 16.1. The highest BCUT2D eigenvalue weighted by Gasteiger charge is 2.31. The van der Waals surface area contributed by atoms with E-state index in [2.05, 4.69) is 9.80 Å². The third-order valence-electron chi connectivity index (χ3n) is 6.41. The molecule has 4 N–H and O–H groups in total. The van der Waals surface area contributed by atoms with Crippen LogP contribution in [-0.2, 0) is 30.1 Å². The Morgan fingerprint density at radius 2 is 1.11 bits per heavy atom. The molecule has 2 fully saturated rings. The van der Waals surface area contributed by atoms with E-state index in [0.29, 0.717) is 36.4 Å². The molecule has 2 aliphatic rings. The number of halogens is 3. The second kappa shape index (κ2) is 19.0. The smallest absolute Gasteiger partial charge is 0.416 e. The number of piperazine rings is 2. The zero-order valence-electron chi connectivity index (χ0n) is 24.1. The van der Waals surface area contributed by atoms with Gasteiger partial charge in [0.15, 0.2) is 0 Å². The number of carbonyl (C=O) groups is 5. The first-order chi connectivity index (χ1) is 20.6. The summed E-state index contributed by atoms with van der Waals surface area (Å²) in [5, 5.41) is 31.2. The van der Waals surface area contributed by atoms with Gasteiger partial charge < -0.3 is 30.2 Å². The minimum absolute atomic E-state index is 0.227. The summed E-state index contributed by atoms with van der Waals surface area (Å²) >= 11 is 0. The zero-order valence-corrected chi connectivity index (χ0v) is 24.1. The molecule has 0 unspecified atom stereocenters. The molecular formula is C28H37F3N4O9. The van der Waals surface area contributed by atoms with Crippen molar-refractivity contribution in [2.75, 3.05) is 70.3 Å². The summed E-state index contributed by atoms with van der Waals surface area (Å²) in [4.78, 5) is 58.7. The van der Waals surface area contributed by atoms with Crippen molar-refractivity contribution in [2.45, 2.75) is 19.5 Å². The molecular weight excluding hydrogens is 593 g/mol. The highest BCUT2D eigenvalue weighted by atomic mass is 19.4. The van der Waals surface area contributed by atoms with Gasteiger partial charge in [-0.2, -0.15) is 13.2 Å². The Kier molecular flexibility index (Phi) is 16.2. The summed E-state index contributed by atoms with van der Waals surface area (Å²) in [5.41, 5.74) is 0.0549. The summed E-state index contributed by atoms with van der Waals surface area (Å²) in [5.74, 6) is -4.80. The Hall–Kier alpha value is -4.44. The fourth-order valence-corrected chi connectivity index (χ4v) is 4.12. The lowest BCUT2D eigenvalue weighted by molar-refractivity contribution is -0.137. The van der Waals surface area contributed by atoms with Crippen LogP contribution in [0.2, 0.25) is 0 Å². The largest absolute Gasteiger partial charge is 0.478 e. The van der Waals surface area contributed by atoms with Crippen LogP contribution in [0, 0.1) is 0 Å². The number of hydrogen-bond donors (Lipinski definition) is 4. The van der Waals surface area contributed by atoms with Crippen LogP contribution in [0.1, 0.15) is 18.9 Å². The van der Waals surface area contributed by atoms with Crippen molar-refractivity contribution >= 4 is 35.5 Å². The van der Waals surface area contributed by atoms with E-state index in [4.69, 9.17) is 20.4 Å². The second-order valence-corrected chi connectivity index (χ2v) is 9.47. The number of benzene rings is 1. The van der Waals surface area contributed by atoms with Crippen LogP contribution in [0.4, 0.5) is 18.9 Å². The van der Waals surface area contributed by atoms with Crippen molar-refractivity contribution in [1.29, 1.82) is 0 Å². The number of hydrogen-bond acceptors (Lipinski definition) is 8. The van der Waals surface area contributed by atoms with Crippen LogP contribution in [0.15, 0.2) is 48.6 Å². The lowest BCUT2D eigenvalue weighted by Crippen LogP contribution is -2.52. The van der Waals surface area contributed by atoms with Crippen LogP contribution in [0.3, 0.4) is 0 Å². The quantitative estimate of drug-likeness (QED) is 0.291. The van der Waals surface area contributed by atoms with Crippen LogP contribution in [0.25, 0.3) is 0 Å². The van der Waals surface area contributed by atoms with Gasteiger partial charge in [0.05, 0.1) is 5.56 Å². The Balaban J connectivity index is 0.000000498. The maximum Gasteiger partial charge on any atom is 0.416 e. The molecule has 0 radical (unpaired) electrons. The van der Waals surface area contributed by atoms with Crippen LogP contribution >= 0.6 is 0 Å². The third-order valence-corrected chi connectivity index (χ3v) is 6.41. The van der Waals surface area contributed by atoms with E-state index >= 15 is 0 Å².